The molecule has 0 fully saturated rings. The highest BCUT2D eigenvalue weighted by molar-refractivity contribution is 5.88. The van der Waals surface area contributed by atoms with Crippen LogP contribution in [-0.4, -0.2) is 11.1 Å². The van der Waals surface area contributed by atoms with Gasteiger partial charge in [0.15, 0.2) is 5.82 Å². The first kappa shape index (κ1) is 14.8. The molecule has 0 aliphatic heterocycles. The Balaban J connectivity index is 2.31. The molecule has 21 heavy (non-hydrogen) atoms. The van der Waals surface area contributed by atoms with Crippen molar-refractivity contribution in [2.24, 2.45) is 10.2 Å². The maximum atomic E-state index is 13.7. The number of carboxylic acid groups (broad SMARTS) is 1. The minimum Gasteiger partial charge on any atom is -0.478 e. The van der Waals surface area contributed by atoms with E-state index in [1.807, 2.05) is 13.8 Å². The van der Waals surface area contributed by atoms with Crippen molar-refractivity contribution in [1.29, 1.82) is 0 Å². The SMILES string of the molecule is CC(C)c1ccc(F)c(/N=N/c2cccc(C(=O)O)c2)c1. The number of hydrogen-bond donors (Lipinski definition) is 1. The van der Waals surface area contributed by atoms with Crippen molar-refractivity contribution in [1.82, 2.24) is 0 Å². The molecule has 1 N–H and O–H groups in total. The van der Waals surface area contributed by atoms with Gasteiger partial charge in [-0.15, -0.1) is 5.11 Å². The number of rotatable bonds is 4. The van der Waals surface area contributed by atoms with Gasteiger partial charge in [-0.05, 0) is 41.8 Å². The van der Waals surface area contributed by atoms with Gasteiger partial charge < -0.3 is 5.11 Å². The summed E-state index contributed by atoms with van der Waals surface area (Å²) in [6, 6.07) is 10.7. The first-order chi connectivity index (χ1) is 9.97. The fraction of sp³-hybridized carbons (Fsp3) is 0.188. The Labute approximate surface area is 122 Å². The second-order valence-electron chi connectivity index (χ2n) is 4.92. The van der Waals surface area contributed by atoms with Crippen LogP contribution in [0.4, 0.5) is 15.8 Å². The minimum absolute atomic E-state index is 0.114. The minimum atomic E-state index is -1.04. The Bertz CT molecular complexity index is 696. The van der Waals surface area contributed by atoms with Crippen LogP contribution in [0.25, 0.3) is 0 Å². The molecule has 0 amide bonds. The summed E-state index contributed by atoms with van der Waals surface area (Å²) in [5.74, 6) is -1.24. The second-order valence-corrected chi connectivity index (χ2v) is 4.92. The van der Waals surface area contributed by atoms with Crippen LogP contribution < -0.4 is 0 Å². The topological polar surface area (TPSA) is 62.0 Å². The molecular formula is C16H15FN2O2. The highest BCUT2D eigenvalue weighted by atomic mass is 19.1. The van der Waals surface area contributed by atoms with E-state index in [1.54, 1.807) is 24.3 Å². The van der Waals surface area contributed by atoms with Crippen molar-refractivity contribution in [3.8, 4) is 0 Å². The number of aromatic carboxylic acids is 1. The largest absolute Gasteiger partial charge is 0.478 e. The van der Waals surface area contributed by atoms with Crippen LogP contribution in [0.15, 0.2) is 52.7 Å². The summed E-state index contributed by atoms with van der Waals surface area (Å²) >= 11 is 0. The molecule has 0 spiro atoms. The van der Waals surface area contributed by atoms with Crippen molar-refractivity contribution in [3.63, 3.8) is 0 Å². The van der Waals surface area contributed by atoms with Gasteiger partial charge in [-0.3, -0.25) is 0 Å². The maximum Gasteiger partial charge on any atom is 0.335 e. The summed E-state index contributed by atoms with van der Waals surface area (Å²) in [6.07, 6.45) is 0. The van der Waals surface area contributed by atoms with Crippen molar-refractivity contribution >= 4 is 17.3 Å². The van der Waals surface area contributed by atoms with Crippen LogP contribution in [0, 0.1) is 5.82 Å². The predicted octanol–water partition coefficient (Wildman–Crippen LogP) is 5.06. The molecule has 0 bridgehead atoms. The number of carbonyl (C=O) groups is 1. The fourth-order valence-electron chi connectivity index (χ4n) is 1.78. The summed E-state index contributed by atoms with van der Waals surface area (Å²) < 4.78 is 13.7. The highest BCUT2D eigenvalue weighted by Crippen LogP contribution is 2.26. The van der Waals surface area contributed by atoms with Crippen LogP contribution in [0.2, 0.25) is 0 Å². The van der Waals surface area contributed by atoms with Crippen LogP contribution in [0.5, 0.6) is 0 Å². The lowest BCUT2D eigenvalue weighted by atomic mass is 10.0. The molecule has 0 atom stereocenters. The Morgan fingerprint density at radius 2 is 1.90 bits per heavy atom. The van der Waals surface area contributed by atoms with E-state index in [0.29, 0.717) is 5.69 Å². The van der Waals surface area contributed by atoms with Crippen molar-refractivity contribution in [2.75, 3.05) is 0 Å². The standard InChI is InChI=1S/C16H15FN2O2/c1-10(2)11-6-7-14(17)15(9-11)19-18-13-5-3-4-12(8-13)16(20)21/h3-10H,1-2H3,(H,20,21)/b19-18+. The molecule has 108 valence electrons. The lowest BCUT2D eigenvalue weighted by molar-refractivity contribution is 0.0697. The Morgan fingerprint density at radius 1 is 1.14 bits per heavy atom. The molecule has 0 saturated heterocycles. The van der Waals surface area contributed by atoms with Crippen LogP contribution in [0.1, 0.15) is 35.7 Å². The zero-order valence-electron chi connectivity index (χ0n) is 11.7. The third-order valence-electron chi connectivity index (χ3n) is 3.00. The molecule has 0 saturated carbocycles. The third-order valence-corrected chi connectivity index (χ3v) is 3.00. The lowest BCUT2D eigenvalue weighted by Gasteiger charge is -2.05. The smallest absolute Gasteiger partial charge is 0.335 e. The summed E-state index contributed by atoms with van der Waals surface area (Å²) in [5.41, 5.74) is 1.58. The van der Waals surface area contributed by atoms with Gasteiger partial charge in [0.1, 0.15) is 5.69 Å². The van der Waals surface area contributed by atoms with E-state index in [2.05, 4.69) is 10.2 Å². The van der Waals surface area contributed by atoms with Gasteiger partial charge in [0.25, 0.3) is 0 Å². The number of hydrogen-bond acceptors (Lipinski definition) is 3. The summed E-state index contributed by atoms with van der Waals surface area (Å²) in [5, 5.41) is 16.7. The number of azo groups is 1. The predicted molar refractivity (Wildman–Crippen MR) is 78.1 cm³/mol. The van der Waals surface area contributed by atoms with E-state index in [1.165, 1.54) is 18.2 Å². The fourth-order valence-corrected chi connectivity index (χ4v) is 1.78. The molecule has 0 unspecified atom stereocenters. The molecule has 2 aromatic carbocycles. The van der Waals surface area contributed by atoms with Crippen LogP contribution >= 0.6 is 0 Å². The molecule has 4 nitrogen and oxygen atoms in total. The van der Waals surface area contributed by atoms with Gasteiger partial charge in [-0.1, -0.05) is 26.0 Å². The van der Waals surface area contributed by atoms with Crippen molar-refractivity contribution in [2.45, 2.75) is 19.8 Å². The second kappa shape index (κ2) is 6.26. The van der Waals surface area contributed by atoms with Gasteiger partial charge in [-0.2, -0.15) is 5.11 Å². The third kappa shape index (κ3) is 3.72. The number of carboxylic acids is 1. The average molecular weight is 286 g/mol. The molecule has 5 heteroatoms. The van der Waals surface area contributed by atoms with Gasteiger partial charge in [0.05, 0.1) is 11.3 Å². The molecule has 0 aliphatic carbocycles. The lowest BCUT2D eigenvalue weighted by Crippen LogP contribution is -1.94. The number of nitrogens with zero attached hydrogens (tertiary/aromatic N) is 2. The van der Waals surface area contributed by atoms with E-state index >= 15 is 0 Å². The van der Waals surface area contributed by atoms with E-state index in [9.17, 15) is 9.18 Å². The van der Waals surface area contributed by atoms with Crippen LogP contribution in [-0.2, 0) is 0 Å². The molecule has 2 aromatic rings. The van der Waals surface area contributed by atoms with E-state index < -0.39 is 11.8 Å². The Hall–Kier alpha value is -2.56. The average Bonchev–Trinajstić information content (AvgIpc) is 2.46. The van der Waals surface area contributed by atoms with Crippen molar-refractivity contribution in [3.05, 3.63) is 59.4 Å². The summed E-state index contributed by atoms with van der Waals surface area (Å²) in [6.45, 7) is 4.01. The number of benzene rings is 2. The van der Waals surface area contributed by atoms with Crippen LogP contribution in [0.3, 0.4) is 0 Å². The zero-order chi connectivity index (χ0) is 15.4. The first-order valence-corrected chi connectivity index (χ1v) is 6.52. The van der Waals surface area contributed by atoms with Gasteiger partial charge in [0.2, 0.25) is 0 Å². The van der Waals surface area contributed by atoms with Gasteiger partial charge in [-0.25, -0.2) is 9.18 Å². The van der Waals surface area contributed by atoms with Gasteiger partial charge in [0, 0.05) is 0 Å². The molecular weight excluding hydrogens is 271 g/mol. The molecule has 0 aromatic heterocycles. The highest BCUT2D eigenvalue weighted by Gasteiger charge is 2.06. The zero-order valence-corrected chi connectivity index (χ0v) is 11.7. The molecule has 2 rings (SSSR count). The number of halogens is 1. The molecule has 0 heterocycles. The quantitative estimate of drug-likeness (QED) is 0.798. The Morgan fingerprint density at radius 3 is 2.57 bits per heavy atom. The summed E-state index contributed by atoms with van der Waals surface area (Å²) in [4.78, 5) is 10.9. The molecule has 0 radical (unpaired) electrons. The monoisotopic (exact) mass is 286 g/mol. The maximum absolute atomic E-state index is 13.7. The van der Waals surface area contributed by atoms with E-state index in [-0.39, 0.29) is 17.2 Å². The Kier molecular flexibility index (Phi) is 4.42. The normalized spacial score (nSPS) is 11.2. The first-order valence-electron chi connectivity index (χ1n) is 6.52. The van der Waals surface area contributed by atoms with E-state index in [4.69, 9.17) is 5.11 Å². The molecule has 0 aliphatic rings. The van der Waals surface area contributed by atoms with Crippen molar-refractivity contribution < 1.29 is 14.3 Å². The summed E-state index contributed by atoms with van der Waals surface area (Å²) in [7, 11) is 0. The van der Waals surface area contributed by atoms with E-state index in [0.717, 1.165) is 5.56 Å². The van der Waals surface area contributed by atoms with Gasteiger partial charge >= 0.3 is 5.97 Å².